The van der Waals surface area contributed by atoms with Crippen molar-refractivity contribution in [3.8, 4) is 22.2 Å². The number of hydrogen-bond donors (Lipinski definition) is 0. The topological polar surface area (TPSA) is 69.5 Å². The Kier molecular flexibility index (Phi) is 7.75. The van der Waals surface area contributed by atoms with Gasteiger partial charge in [-0.25, -0.2) is 0 Å². The first kappa shape index (κ1) is 22.2. The molecule has 3 aromatic rings. The molecule has 0 aliphatic heterocycles. The van der Waals surface area contributed by atoms with E-state index in [9.17, 15) is 4.79 Å². The van der Waals surface area contributed by atoms with E-state index in [1.165, 1.54) is 11.8 Å². The number of rotatable bonds is 10. The van der Waals surface area contributed by atoms with E-state index in [-0.39, 0.29) is 5.91 Å². The van der Waals surface area contributed by atoms with Crippen LogP contribution in [-0.4, -0.2) is 52.1 Å². The number of methoxy groups -OCH3 is 2. The van der Waals surface area contributed by atoms with E-state index >= 15 is 0 Å². The second-order valence-corrected chi connectivity index (χ2v) is 8.30. The number of carbonyl (C=O) groups excluding carboxylic acids is 1. The zero-order valence-corrected chi connectivity index (χ0v) is 19.3. The molecule has 0 saturated carbocycles. The molecule has 2 heterocycles. The molecular formula is C21H26N4O3S2. The summed E-state index contributed by atoms with van der Waals surface area (Å²) in [6.07, 6.45) is 0. The van der Waals surface area contributed by atoms with Gasteiger partial charge in [0, 0.05) is 19.6 Å². The van der Waals surface area contributed by atoms with Crippen LogP contribution in [0.4, 0.5) is 0 Å². The molecular weight excluding hydrogens is 420 g/mol. The van der Waals surface area contributed by atoms with E-state index in [2.05, 4.69) is 21.7 Å². The predicted molar refractivity (Wildman–Crippen MR) is 120 cm³/mol. The number of amides is 1. The number of thiophene rings is 1. The monoisotopic (exact) mass is 446 g/mol. The maximum Gasteiger partial charge on any atom is 0.233 e. The molecule has 3 rings (SSSR count). The third-order valence-corrected chi connectivity index (χ3v) is 6.47. The fourth-order valence-electron chi connectivity index (χ4n) is 3.06. The molecule has 0 aliphatic carbocycles. The molecule has 9 heteroatoms. The van der Waals surface area contributed by atoms with Gasteiger partial charge in [-0.15, -0.1) is 21.5 Å². The van der Waals surface area contributed by atoms with E-state index in [4.69, 9.17) is 9.47 Å². The predicted octanol–water partition coefficient (Wildman–Crippen LogP) is 4.18. The van der Waals surface area contributed by atoms with Crippen LogP contribution in [0.15, 0.2) is 40.9 Å². The third-order valence-electron chi connectivity index (χ3n) is 4.66. The lowest BCUT2D eigenvalue weighted by atomic mass is 10.2. The molecule has 160 valence electrons. The number of carbonyl (C=O) groups is 1. The summed E-state index contributed by atoms with van der Waals surface area (Å²) in [5.74, 6) is 2.54. The lowest BCUT2D eigenvalue weighted by Crippen LogP contribution is -2.31. The van der Waals surface area contributed by atoms with Crippen molar-refractivity contribution < 1.29 is 14.3 Å². The number of thioether (sulfide) groups is 1. The molecule has 1 aromatic carbocycles. The van der Waals surface area contributed by atoms with Crippen LogP contribution in [0.3, 0.4) is 0 Å². The maximum absolute atomic E-state index is 12.9. The molecule has 0 saturated heterocycles. The van der Waals surface area contributed by atoms with Crippen molar-refractivity contribution in [1.29, 1.82) is 0 Å². The van der Waals surface area contributed by atoms with Crippen molar-refractivity contribution in [2.75, 3.05) is 26.5 Å². The lowest BCUT2D eigenvalue weighted by Gasteiger charge is -2.21. The quantitative estimate of drug-likeness (QED) is 0.435. The Hall–Kier alpha value is -2.52. The normalized spacial score (nSPS) is 10.8. The molecule has 0 radical (unpaired) electrons. The average Bonchev–Trinajstić information content (AvgIpc) is 3.44. The second kappa shape index (κ2) is 10.5. The van der Waals surface area contributed by atoms with Crippen LogP contribution < -0.4 is 9.47 Å². The average molecular weight is 447 g/mol. The summed E-state index contributed by atoms with van der Waals surface area (Å²) in [7, 11) is 3.21. The second-order valence-electron chi connectivity index (χ2n) is 6.41. The fraction of sp³-hybridized carbons (Fsp3) is 0.381. The number of benzene rings is 1. The van der Waals surface area contributed by atoms with Crippen LogP contribution in [0.25, 0.3) is 10.7 Å². The van der Waals surface area contributed by atoms with Gasteiger partial charge in [0.2, 0.25) is 5.91 Å². The highest BCUT2D eigenvalue weighted by Crippen LogP contribution is 2.29. The van der Waals surface area contributed by atoms with Crippen LogP contribution >= 0.6 is 23.1 Å². The molecule has 0 bridgehead atoms. The van der Waals surface area contributed by atoms with Crippen LogP contribution in [0.5, 0.6) is 11.5 Å². The van der Waals surface area contributed by atoms with Crippen molar-refractivity contribution in [1.82, 2.24) is 19.7 Å². The minimum atomic E-state index is 0.0561. The zero-order chi connectivity index (χ0) is 21.5. The maximum atomic E-state index is 12.9. The van der Waals surface area contributed by atoms with Crippen molar-refractivity contribution in [2.24, 2.45) is 0 Å². The third kappa shape index (κ3) is 4.96. The van der Waals surface area contributed by atoms with E-state index in [0.29, 0.717) is 30.3 Å². The van der Waals surface area contributed by atoms with Gasteiger partial charge in [0.05, 0.1) is 24.8 Å². The Balaban J connectivity index is 1.66. The summed E-state index contributed by atoms with van der Waals surface area (Å²) in [5.41, 5.74) is 0.990. The zero-order valence-electron chi connectivity index (χ0n) is 17.6. The Morgan fingerprint density at radius 2 is 1.97 bits per heavy atom. The summed E-state index contributed by atoms with van der Waals surface area (Å²) >= 11 is 3.06. The molecule has 0 N–H and O–H groups in total. The van der Waals surface area contributed by atoms with Gasteiger partial charge >= 0.3 is 0 Å². The van der Waals surface area contributed by atoms with Crippen molar-refractivity contribution in [3.63, 3.8) is 0 Å². The minimum Gasteiger partial charge on any atom is -0.493 e. The van der Waals surface area contributed by atoms with Gasteiger partial charge in [-0.2, -0.15) is 0 Å². The van der Waals surface area contributed by atoms with Crippen LogP contribution in [0.2, 0.25) is 0 Å². The molecule has 2 aromatic heterocycles. The number of hydrogen-bond acceptors (Lipinski definition) is 7. The highest BCUT2D eigenvalue weighted by molar-refractivity contribution is 7.99. The first-order valence-electron chi connectivity index (χ1n) is 9.69. The smallest absolute Gasteiger partial charge is 0.233 e. The largest absolute Gasteiger partial charge is 0.493 e. The lowest BCUT2D eigenvalue weighted by molar-refractivity contribution is -0.128. The van der Waals surface area contributed by atoms with Gasteiger partial charge in [0.25, 0.3) is 0 Å². The fourth-order valence-corrected chi connectivity index (χ4v) is 4.68. The molecule has 7 nitrogen and oxygen atoms in total. The summed E-state index contributed by atoms with van der Waals surface area (Å²) in [6, 6.07) is 9.74. The molecule has 0 fully saturated rings. The molecule has 0 unspecified atom stereocenters. The highest BCUT2D eigenvalue weighted by Gasteiger charge is 2.18. The van der Waals surface area contributed by atoms with Gasteiger partial charge < -0.3 is 18.9 Å². The highest BCUT2D eigenvalue weighted by atomic mass is 32.2. The van der Waals surface area contributed by atoms with Gasteiger partial charge in [-0.1, -0.05) is 23.9 Å². The summed E-state index contributed by atoms with van der Waals surface area (Å²) in [6.45, 7) is 5.92. The van der Waals surface area contributed by atoms with Gasteiger partial charge in [0.15, 0.2) is 22.5 Å². The SMILES string of the molecule is CCN(Cc1ccc(OC)c(OC)c1)C(=O)CSc1nnc(-c2cccs2)n1CC. The minimum absolute atomic E-state index is 0.0561. The van der Waals surface area contributed by atoms with Crippen molar-refractivity contribution in [2.45, 2.75) is 32.1 Å². The van der Waals surface area contributed by atoms with E-state index in [1.807, 2.05) is 47.5 Å². The Bertz CT molecular complexity index is 973. The van der Waals surface area contributed by atoms with Crippen LogP contribution in [0.1, 0.15) is 19.4 Å². The molecule has 0 aliphatic rings. The molecule has 1 amide bonds. The summed E-state index contributed by atoms with van der Waals surface area (Å²) < 4.78 is 12.7. The Labute approximate surface area is 185 Å². The van der Waals surface area contributed by atoms with Gasteiger partial charge in [-0.3, -0.25) is 4.79 Å². The van der Waals surface area contributed by atoms with Crippen LogP contribution in [0, 0.1) is 0 Å². The Morgan fingerprint density at radius 1 is 1.17 bits per heavy atom. The standard InChI is InChI=1S/C21H26N4O3S2/c1-5-24(13-15-9-10-16(27-3)17(12-15)28-4)19(26)14-30-21-23-22-20(25(21)6-2)18-8-7-11-29-18/h7-12H,5-6,13-14H2,1-4H3. The number of ether oxygens (including phenoxy) is 2. The molecule has 30 heavy (non-hydrogen) atoms. The van der Waals surface area contributed by atoms with E-state index < -0.39 is 0 Å². The van der Waals surface area contributed by atoms with E-state index in [0.717, 1.165) is 28.0 Å². The van der Waals surface area contributed by atoms with Gasteiger partial charge in [0.1, 0.15) is 0 Å². The summed E-state index contributed by atoms with van der Waals surface area (Å²) in [5, 5.41) is 11.4. The van der Waals surface area contributed by atoms with Crippen molar-refractivity contribution >= 4 is 29.0 Å². The first-order chi connectivity index (χ1) is 14.6. The van der Waals surface area contributed by atoms with Crippen molar-refractivity contribution in [3.05, 3.63) is 41.3 Å². The number of aromatic nitrogens is 3. The first-order valence-corrected chi connectivity index (χ1v) is 11.6. The van der Waals surface area contributed by atoms with E-state index in [1.54, 1.807) is 25.6 Å². The van der Waals surface area contributed by atoms with Gasteiger partial charge in [-0.05, 0) is 43.0 Å². The molecule has 0 spiro atoms. The number of nitrogens with zero attached hydrogens (tertiary/aromatic N) is 4. The molecule has 0 atom stereocenters. The Morgan fingerprint density at radius 3 is 2.60 bits per heavy atom. The van der Waals surface area contributed by atoms with Crippen LogP contribution in [-0.2, 0) is 17.9 Å². The summed E-state index contributed by atoms with van der Waals surface area (Å²) in [4.78, 5) is 15.8.